The Morgan fingerprint density at radius 2 is 1.78 bits per heavy atom. The van der Waals surface area contributed by atoms with E-state index in [2.05, 4.69) is 0 Å². The summed E-state index contributed by atoms with van der Waals surface area (Å²) in [6, 6.07) is 7.37. The summed E-state index contributed by atoms with van der Waals surface area (Å²) >= 11 is 0. The highest BCUT2D eigenvalue weighted by Crippen LogP contribution is 2.38. The van der Waals surface area contributed by atoms with Crippen molar-refractivity contribution in [1.82, 2.24) is 4.31 Å². The van der Waals surface area contributed by atoms with Crippen LogP contribution in [0.4, 0.5) is 0 Å². The minimum Gasteiger partial charge on any atom is -0.480 e. The van der Waals surface area contributed by atoms with Crippen LogP contribution in [0.2, 0.25) is 0 Å². The molecule has 118 valence electrons. The molecule has 0 saturated carbocycles. The molecule has 2 aromatic carbocycles. The van der Waals surface area contributed by atoms with Crippen molar-refractivity contribution >= 4 is 38.6 Å². The van der Waals surface area contributed by atoms with Gasteiger partial charge in [-0.15, -0.1) is 0 Å². The Morgan fingerprint density at radius 3 is 2.39 bits per heavy atom. The molecule has 2 aromatic rings. The first-order chi connectivity index (χ1) is 10.7. The molecule has 23 heavy (non-hydrogen) atoms. The Hall–Kier alpha value is -2.94. The summed E-state index contributed by atoms with van der Waals surface area (Å²) in [6.07, 6.45) is 0. The van der Waals surface area contributed by atoms with Gasteiger partial charge in [0.1, 0.15) is 11.4 Å². The molecule has 0 aliphatic carbocycles. The van der Waals surface area contributed by atoms with Crippen molar-refractivity contribution in [3.05, 3.63) is 41.5 Å². The van der Waals surface area contributed by atoms with E-state index in [0.717, 1.165) is 6.07 Å². The van der Waals surface area contributed by atoms with Gasteiger partial charge in [-0.3, -0.25) is 9.59 Å². The van der Waals surface area contributed by atoms with Gasteiger partial charge in [-0.05, 0) is 16.8 Å². The van der Waals surface area contributed by atoms with Crippen LogP contribution in [-0.4, -0.2) is 47.3 Å². The molecule has 0 radical (unpaired) electrons. The average molecular weight is 335 g/mol. The van der Waals surface area contributed by atoms with E-state index in [4.69, 9.17) is 5.11 Å². The zero-order chi connectivity index (χ0) is 16.9. The van der Waals surface area contributed by atoms with E-state index in [1.165, 1.54) is 6.07 Å². The van der Waals surface area contributed by atoms with Gasteiger partial charge in [0.15, 0.2) is 0 Å². The molecule has 0 fully saturated rings. The number of rotatable bonds is 3. The van der Waals surface area contributed by atoms with E-state index in [1.807, 2.05) is 0 Å². The maximum atomic E-state index is 12.5. The van der Waals surface area contributed by atoms with E-state index in [-0.39, 0.29) is 15.3 Å². The van der Waals surface area contributed by atoms with Crippen LogP contribution in [-0.2, 0) is 14.8 Å². The van der Waals surface area contributed by atoms with Crippen LogP contribution in [0.3, 0.4) is 0 Å². The highest BCUT2D eigenvalue weighted by molar-refractivity contribution is 7.90. The quantitative estimate of drug-likeness (QED) is 0.847. The largest absolute Gasteiger partial charge is 0.480 e. The summed E-state index contributed by atoms with van der Waals surface area (Å²) < 4.78 is 25.1. The molecule has 1 heterocycles. The molecular weight excluding hydrogens is 326 g/mol. The number of sulfonamides is 1. The minimum absolute atomic E-state index is 0.179. The normalized spacial score (nSPS) is 15.7. The second kappa shape index (κ2) is 4.78. The number of hydrogen-bond donors (Lipinski definition) is 2. The molecule has 0 unspecified atom stereocenters. The molecule has 1 aliphatic rings. The Balaban J connectivity index is 2.45. The topological polar surface area (TPSA) is 129 Å². The van der Waals surface area contributed by atoms with Crippen LogP contribution in [0.15, 0.2) is 35.2 Å². The number of amides is 1. The molecule has 2 N–H and O–H groups in total. The summed E-state index contributed by atoms with van der Waals surface area (Å²) in [7, 11) is -4.54. The number of hydrogen-bond acceptors (Lipinski definition) is 5. The molecule has 0 bridgehead atoms. The molecule has 3 rings (SSSR count). The summed E-state index contributed by atoms with van der Waals surface area (Å²) in [6.45, 7) is -1.07. The molecule has 8 nitrogen and oxygen atoms in total. The van der Waals surface area contributed by atoms with Gasteiger partial charge in [0.25, 0.3) is 15.9 Å². The van der Waals surface area contributed by atoms with E-state index >= 15 is 0 Å². The van der Waals surface area contributed by atoms with Gasteiger partial charge in [0, 0.05) is 0 Å². The smallest absolute Gasteiger partial charge is 0.337 e. The summed E-state index contributed by atoms with van der Waals surface area (Å²) in [5, 5.41) is 18.7. The lowest BCUT2D eigenvalue weighted by Crippen LogP contribution is -2.35. The van der Waals surface area contributed by atoms with E-state index in [9.17, 15) is 27.9 Å². The van der Waals surface area contributed by atoms with Gasteiger partial charge < -0.3 is 10.2 Å². The van der Waals surface area contributed by atoms with Gasteiger partial charge in [-0.2, -0.15) is 0 Å². The van der Waals surface area contributed by atoms with Crippen molar-refractivity contribution in [3.8, 4) is 0 Å². The molecular formula is C14H9NO7S. The first-order valence-electron chi connectivity index (χ1n) is 6.33. The van der Waals surface area contributed by atoms with Gasteiger partial charge in [-0.25, -0.2) is 17.5 Å². The summed E-state index contributed by atoms with van der Waals surface area (Å²) in [5.74, 6) is -4.07. The zero-order valence-corrected chi connectivity index (χ0v) is 12.2. The second-order valence-electron chi connectivity index (χ2n) is 4.87. The van der Waals surface area contributed by atoms with Gasteiger partial charge in [-0.1, -0.05) is 24.3 Å². The van der Waals surface area contributed by atoms with Crippen molar-refractivity contribution in [2.45, 2.75) is 4.90 Å². The fourth-order valence-electron chi connectivity index (χ4n) is 2.59. The van der Waals surface area contributed by atoms with Crippen LogP contribution >= 0.6 is 0 Å². The Labute approximate surface area is 129 Å². The molecule has 0 atom stereocenters. The van der Waals surface area contributed by atoms with E-state index in [0.29, 0.717) is 5.39 Å². The first kappa shape index (κ1) is 15.0. The van der Waals surface area contributed by atoms with Crippen molar-refractivity contribution in [1.29, 1.82) is 0 Å². The van der Waals surface area contributed by atoms with E-state index in [1.54, 1.807) is 18.2 Å². The fraction of sp³-hybridized carbons (Fsp3) is 0.0714. The Morgan fingerprint density at radius 1 is 1.13 bits per heavy atom. The van der Waals surface area contributed by atoms with E-state index < -0.39 is 44.9 Å². The predicted molar refractivity (Wildman–Crippen MR) is 76.8 cm³/mol. The van der Waals surface area contributed by atoms with Crippen LogP contribution in [0, 0.1) is 0 Å². The number of nitrogens with zero attached hydrogens (tertiary/aromatic N) is 1. The first-order valence-corrected chi connectivity index (χ1v) is 7.77. The number of aliphatic carboxylic acids is 1. The standard InChI is InChI=1S/C14H9NO7S/c16-10(17)6-15-13(18)11-8-4-2-1-3-7(8)5-9(14(19)20)12(11)23(15,21)22/h1-5H,6H2,(H,16,17)(H,19,20). The summed E-state index contributed by atoms with van der Waals surface area (Å²) in [5.41, 5.74) is -0.860. The number of carboxylic acid groups (broad SMARTS) is 2. The van der Waals surface area contributed by atoms with Gasteiger partial charge >= 0.3 is 11.9 Å². The van der Waals surface area contributed by atoms with Gasteiger partial charge in [0.05, 0.1) is 11.1 Å². The molecule has 9 heteroatoms. The van der Waals surface area contributed by atoms with Crippen LogP contribution in [0.1, 0.15) is 20.7 Å². The van der Waals surface area contributed by atoms with Crippen molar-refractivity contribution in [2.75, 3.05) is 6.54 Å². The molecule has 1 amide bonds. The minimum atomic E-state index is -4.54. The number of aromatic carboxylic acids is 1. The molecule has 0 aromatic heterocycles. The highest BCUT2D eigenvalue weighted by atomic mass is 32.2. The van der Waals surface area contributed by atoms with Crippen molar-refractivity contribution in [3.63, 3.8) is 0 Å². The second-order valence-corrected chi connectivity index (χ2v) is 6.66. The lowest BCUT2D eigenvalue weighted by Gasteiger charge is -2.11. The maximum Gasteiger partial charge on any atom is 0.337 e. The van der Waals surface area contributed by atoms with Crippen LogP contribution in [0.5, 0.6) is 0 Å². The third-order valence-corrected chi connectivity index (χ3v) is 5.31. The highest BCUT2D eigenvalue weighted by Gasteiger charge is 2.46. The third kappa shape index (κ3) is 2.05. The zero-order valence-electron chi connectivity index (χ0n) is 11.4. The van der Waals surface area contributed by atoms with Crippen LogP contribution in [0.25, 0.3) is 10.8 Å². The monoisotopic (exact) mass is 335 g/mol. The Kier molecular flexibility index (Phi) is 3.11. The lowest BCUT2D eigenvalue weighted by molar-refractivity contribution is -0.136. The average Bonchev–Trinajstić information content (AvgIpc) is 2.67. The Bertz CT molecular complexity index is 994. The summed E-state index contributed by atoms with van der Waals surface area (Å²) in [4.78, 5) is 34.0. The SMILES string of the molecule is O=C(O)CN1C(=O)c2c(c(C(=O)O)cc3ccccc23)S1(=O)=O. The number of benzene rings is 2. The third-order valence-electron chi connectivity index (χ3n) is 3.50. The molecule has 0 saturated heterocycles. The van der Waals surface area contributed by atoms with Crippen molar-refractivity contribution < 1.29 is 33.0 Å². The van der Waals surface area contributed by atoms with Crippen molar-refractivity contribution in [2.24, 2.45) is 0 Å². The molecule has 0 spiro atoms. The number of carboxylic acids is 2. The number of fused-ring (bicyclic) bond motifs is 3. The van der Waals surface area contributed by atoms with Gasteiger partial charge in [0.2, 0.25) is 0 Å². The molecule has 1 aliphatic heterocycles. The maximum absolute atomic E-state index is 12.5. The number of carbonyl (C=O) groups excluding carboxylic acids is 1. The lowest BCUT2D eigenvalue weighted by atomic mass is 10.00. The predicted octanol–water partition coefficient (Wildman–Crippen LogP) is 0.767. The number of carbonyl (C=O) groups is 3. The van der Waals surface area contributed by atoms with Crippen LogP contribution < -0.4 is 0 Å². The fourth-order valence-corrected chi connectivity index (χ4v) is 4.28.